The number of aliphatic carboxylic acids is 1. The zero-order valence-corrected chi connectivity index (χ0v) is 10.7. The molecule has 0 aliphatic carbocycles. The molecule has 94 valence electrons. The molecule has 2 N–H and O–H groups in total. The third-order valence-corrected chi connectivity index (χ3v) is 2.88. The van der Waals surface area contributed by atoms with Crippen molar-refractivity contribution in [3.05, 3.63) is 0 Å². The number of carbonyl (C=O) groups is 2. The smallest absolute Gasteiger partial charge is 0.317 e. The van der Waals surface area contributed by atoms with Crippen LogP contribution in [0.1, 0.15) is 27.7 Å². The summed E-state index contributed by atoms with van der Waals surface area (Å²) >= 11 is 0. The van der Waals surface area contributed by atoms with Crippen LogP contribution in [0.2, 0.25) is 0 Å². The van der Waals surface area contributed by atoms with Gasteiger partial charge < -0.3 is 15.3 Å². The topological polar surface area (TPSA) is 69.6 Å². The number of urea groups is 1. The number of hydrogen-bond donors (Lipinski definition) is 2. The number of nitrogens with zero attached hydrogens (tertiary/aromatic N) is 1. The molecule has 0 saturated heterocycles. The van der Waals surface area contributed by atoms with Gasteiger partial charge in [0.25, 0.3) is 0 Å². The Morgan fingerprint density at radius 3 is 2.12 bits per heavy atom. The van der Waals surface area contributed by atoms with Crippen molar-refractivity contribution in [1.82, 2.24) is 10.2 Å². The first-order valence-electron chi connectivity index (χ1n) is 5.50. The molecule has 2 unspecified atom stereocenters. The Balaban J connectivity index is 4.11. The maximum absolute atomic E-state index is 11.6. The van der Waals surface area contributed by atoms with Crippen molar-refractivity contribution >= 4 is 12.0 Å². The summed E-state index contributed by atoms with van der Waals surface area (Å²) in [5, 5.41) is 11.3. The Morgan fingerprint density at radius 2 is 1.75 bits per heavy atom. The van der Waals surface area contributed by atoms with Crippen LogP contribution in [-0.2, 0) is 4.79 Å². The molecule has 0 aromatic rings. The molecule has 0 spiro atoms. The fraction of sp³-hybridized carbons (Fsp3) is 0.818. The summed E-state index contributed by atoms with van der Waals surface area (Å²) in [5.41, 5.74) is 0. The minimum absolute atomic E-state index is 0.125. The normalized spacial score (nSPS) is 14.4. The summed E-state index contributed by atoms with van der Waals surface area (Å²) < 4.78 is 0. The fourth-order valence-corrected chi connectivity index (χ4v) is 1.08. The van der Waals surface area contributed by atoms with Gasteiger partial charge in [-0.05, 0) is 12.8 Å². The Kier molecular flexibility index (Phi) is 5.85. The quantitative estimate of drug-likeness (QED) is 0.750. The number of nitrogens with one attached hydrogen (secondary N) is 1. The van der Waals surface area contributed by atoms with Crippen LogP contribution in [0, 0.1) is 11.8 Å². The number of carboxylic acids is 1. The van der Waals surface area contributed by atoms with Gasteiger partial charge in [-0.25, -0.2) is 4.79 Å². The number of rotatable bonds is 5. The lowest BCUT2D eigenvalue weighted by molar-refractivity contribution is -0.140. The third-order valence-electron chi connectivity index (χ3n) is 2.88. The van der Waals surface area contributed by atoms with E-state index in [0.29, 0.717) is 5.92 Å². The van der Waals surface area contributed by atoms with Gasteiger partial charge in [0.15, 0.2) is 0 Å². The largest absolute Gasteiger partial charge is 0.481 e. The lowest BCUT2D eigenvalue weighted by atomic mass is 10.1. The highest BCUT2D eigenvalue weighted by atomic mass is 16.4. The maximum Gasteiger partial charge on any atom is 0.317 e. The number of amides is 2. The van der Waals surface area contributed by atoms with E-state index in [2.05, 4.69) is 5.32 Å². The Morgan fingerprint density at radius 1 is 1.25 bits per heavy atom. The van der Waals surface area contributed by atoms with Gasteiger partial charge in [0.05, 0.1) is 5.92 Å². The number of carboxylic acid groups (broad SMARTS) is 1. The molecule has 0 bridgehead atoms. The first-order valence-corrected chi connectivity index (χ1v) is 5.50. The average molecular weight is 230 g/mol. The van der Waals surface area contributed by atoms with Gasteiger partial charge in [0.1, 0.15) is 0 Å². The van der Waals surface area contributed by atoms with E-state index < -0.39 is 11.9 Å². The van der Waals surface area contributed by atoms with E-state index in [9.17, 15) is 9.59 Å². The van der Waals surface area contributed by atoms with E-state index >= 15 is 0 Å². The lowest BCUT2D eigenvalue weighted by Gasteiger charge is -2.28. The molecule has 0 radical (unpaired) electrons. The summed E-state index contributed by atoms with van der Waals surface area (Å²) in [6.07, 6.45) is 0. The summed E-state index contributed by atoms with van der Waals surface area (Å²) in [6, 6.07) is -0.102. The molecule has 0 heterocycles. The molecule has 5 nitrogen and oxygen atoms in total. The minimum Gasteiger partial charge on any atom is -0.481 e. The van der Waals surface area contributed by atoms with E-state index in [4.69, 9.17) is 5.11 Å². The fourth-order valence-electron chi connectivity index (χ4n) is 1.08. The summed E-state index contributed by atoms with van der Waals surface area (Å²) in [4.78, 5) is 23.8. The van der Waals surface area contributed by atoms with Crippen LogP contribution in [0.4, 0.5) is 4.79 Å². The molecule has 0 rings (SSSR count). The van der Waals surface area contributed by atoms with Crippen LogP contribution in [0.3, 0.4) is 0 Å². The Bertz CT molecular complexity index is 254. The van der Waals surface area contributed by atoms with Gasteiger partial charge >= 0.3 is 12.0 Å². The van der Waals surface area contributed by atoms with Crippen LogP contribution < -0.4 is 5.32 Å². The molecule has 0 saturated carbocycles. The highest BCUT2D eigenvalue weighted by molar-refractivity contribution is 5.75. The number of hydrogen-bond acceptors (Lipinski definition) is 2. The van der Waals surface area contributed by atoms with Gasteiger partial charge in [0, 0.05) is 19.6 Å². The first kappa shape index (κ1) is 14.7. The third kappa shape index (κ3) is 4.51. The van der Waals surface area contributed by atoms with E-state index in [1.165, 1.54) is 0 Å². The van der Waals surface area contributed by atoms with Crippen LogP contribution in [0.25, 0.3) is 0 Å². The SMILES string of the molecule is CC(CNC(=O)N(C)C(C)C(C)C)C(=O)O. The van der Waals surface area contributed by atoms with Crippen LogP contribution >= 0.6 is 0 Å². The second kappa shape index (κ2) is 6.35. The molecule has 2 amide bonds. The predicted octanol–water partition coefficient (Wildman–Crippen LogP) is 1.39. The average Bonchev–Trinajstić information content (AvgIpc) is 2.22. The first-order chi connectivity index (χ1) is 7.27. The standard InChI is InChI=1S/C11H22N2O3/c1-7(2)9(4)13(5)11(16)12-6-8(3)10(14)15/h7-9H,6H2,1-5H3,(H,12,16)(H,14,15). The zero-order chi connectivity index (χ0) is 12.9. The van der Waals surface area contributed by atoms with Crippen molar-refractivity contribution in [3.8, 4) is 0 Å². The van der Waals surface area contributed by atoms with Gasteiger partial charge in [0.2, 0.25) is 0 Å². The Labute approximate surface area is 96.8 Å². The molecule has 0 aliphatic heterocycles. The van der Waals surface area contributed by atoms with Crippen molar-refractivity contribution in [3.63, 3.8) is 0 Å². The molecule has 0 aromatic heterocycles. The second-order valence-electron chi connectivity index (χ2n) is 4.52. The van der Waals surface area contributed by atoms with E-state index in [1.54, 1.807) is 18.9 Å². The van der Waals surface area contributed by atoms with E-state index in [1.807, 2.05) is 20.8 Å². The summed E-state index contributed by atoms with van der Waals surface area (Å²) in [6.45, 7) is 7.76. The van der Waals surface area contributed by atoms with Crippen LogP contribution in [-0.4, -0.2) is 41.6 Å². The van der Waals surface area contributed by atoms with Gasteiger partial charge in [-0.2, -0.15) is 0 Å². The van der Waals surface area contributed by atoms with E-state index in [0.717, 1.165) is 0 Å². The van der Waals surface area contributed by atoms with Crippen molar-refractivity contribution in [2.75, 3.05) is 13.6 Å². The lowest BCUT2D eigenvalue weighted by Crippen LogP contribution is -2.46. The van der Waals surface area contributed by atoms with Gasteiger partial charge in [-0.1, -0.05) is 20.8 Å². The zero-order valence-electron chi connectivity index (χ0n) is 10.7. The second-order valence-corrected chi connectivity index (χ2v) is 4.52. The van der Waals surface area contributed by atoms with Crippen molar-refractivity contribution in [2.24, 2.45) is 11.8 Å². The molecule has 0 fully saturated rings. The monoisotopic (exact) mass is 230 g/mol. The Hall–Kier alpha value is -1.26. The van der Waals surface area contributed by atoms with Crippen molar-refractivity contribution < 1.29 is 14.7 Å². The molecule has 2 atom stereocenters. The summed E-state index contributed by atoms with van der Waals surface area (Å²) in [7, 11) is 1.71. The molecular formula is C11H22N2O3. The molecule has 16 heavy (non-hydrogen) atoms. The van der Waals surface area contributed by atoms with Crippen molar-refractivity contribution in [2.45, 2.75) is 33.7 Å². The summed E-state index contributed by atoms with van der Waals surface area (Å²) in [5.74, 6) is -1.10. The predicted molar refractivity (Wildman–Crippen MR) is 62.3 cm³/mol. The van der Waals surface area contributed by atoms with Gasteiger partial charge in [-0.3, -0.25) is 4.79 Å². The molecular weight excluding hydrogens is 208 g/mol. The molecule has 5 heteroatoms. The molecule has 0 aliphatic rings. The highest BCUT2D eigenvalue weighted by Gasteiger charge is 2.19. The highest BCUT2D eigenvalue weighted by Crippen LogP contribution is 2.07. The van der Waals surface area contributed by atoms with E-state index in [-0.39, 0.29) is 18.6 Å². The van der Waals surface area contributed by atoms with Crippen LogP contribution in [0.15, 0.2) is 0 Å². The minimum atomic E-state index is -0.903. The number of carbonyl (C=O) groups excluding carboxylic acids is 1. The van der Waals surface area contributed by atoms with Crippen LogP contribution in [0.5, 0.6) is 0 Å². The molecule has 0 aromatic carbocycles. The van der Waals surface area contributed by atoms with Gasteiger partial charge in [-0.15, -0.1) is 0 Å². The maximum atomic E-state index is 11.6. The van der Waals surface area contributed by atoms with Crippen molar-refractivity contribution in [1.29, 1.82) is 0 Å².